The summed E-state index contributed by atoms with van der Waals surface area (Å²) in [6.07, 6.45) is 1.66. The molecule has 0 aliphatic carbocycles. The summed E-state index contributed by atoms with van der Waals surface area (Å²) in [5, 5.41) is 0. The lowest BCUT2D eigenvalue weighted by Gasteiger charge is -2.26. The summed E-state index contributed by atoms with van der Waals surface area (Å²) < 4.78 is 30.4. The molecule has 3 rings (SSSR count). The summed E-state index contributed by atoms with van der Waals surface area (Å²) in [5.74, 6) is 0. The molecule has 0 radical (unpaired) electrons. The number of pyridine rings is 1. The molecule has 0 saturated carbocycles. The van der Waals surface area contributed by atoms with Crippen molar-refractivity contribution in [3.8, 4) is 0 Å². The summed E-state index contributed by atoms with van der Waals surface area (Å²) >= 11 is 2.12. The monoisotopic (exact) mass is 506 g/mol. The third kappa shape index (κ3) is 4.53. The summed E-state index contributed by atoms with van der Waals surface area (Å²) in [4.78, 5) is 12.2. The fourth-order valence-corrected chi connectivity index (χ4v) is 5.13. The first-order valence-corrected chi connectivity index (χ1v) is 11.1. The number of hydrogen-bond donors (Lipinski definition) is 0. The topological polar surface area (TPSA) is 59.4 Å². The second kappa shape index (κ2) is 8.74. The highest BCUT2D eigenvalue weighted by Gasteiger charge is 2.26. The number of nitrogens with zero attached hydrogens (tertiary/aromatic N) is 2. The van der Waals surface area contributed by atoms with E-state index in [0.717, 1.165) is 3.57 Å². The van der Waals surface area contributed by atoms with Crippen molar-refractivity contribution >= 4 is 38.3 Å². The number of sulfonamides is 1. The Morgan fingerprint density at radius 2 is 1.61 bits per heavy atom. The van der Waals surface area contributed by atoms with Crippen molar-refractivity contribution < 1.29 is 8.42 Å². The van der Waals surface area contributed by atoms with E-state index in [4.69, 9.17) is 0 Å². The van der Waals surface area contributed by atoms with Crippen molar-refractivity contribution in [2.45, 2.75) is 11.4 Å². The molecule has 0 atom stereocenters. The average molecular weight is 506 g/mol. The van der Waals surface area contributed by atoms with Gasteiger partial charge in [-0.15, -0.1) is 0 Å². The lowest BCUT2D eigenvalue weighted by Crippen LogP contribution is -2.34. The molecule has 2 aromatic carbocycles. The van der Waals surface area contributed by atoms with Crippen LogP contribution in [-0.2, 0) is 16.6 Å². The SMILES string of the molecule is C=C(CN(c1ccccc1I)S(=O)(=O)c1ccccc1)Cn1ccccc1=O. The Morgan fingerprint density at radius 1 is 0.964 bits per heavy atom. The number of aromatic nitrogens is 1. The van der Waals surface area contributed by atoms with Gasteiger partial charge in [-0.05, 0) is 58.5 Å². The van der Waals surface area contributed by atoms with Crippen molar-refractivity contribution in [1.29, 1.82) is 0 Å². The fourth-order valence-electron chi connectivity index (χ4n) is 2.76. The van der Waals surface area contributed by atoms with Gasteiger partial charge in [-0.1, -0.05) is 43.0 Å². The van der Waals surface area contributed by atoms with Crippen molar-refractivity contribution in [3.63, 3.8) is 0 Å². The molecule has 0 bridgehead atoms. The molecular weight excluding hydrogens is 487 g/mol. The minimum atomic E-state index is -3.79. The number of halogens is 1. The van der Waals surface area contributed by atoms with Gasteiger partial charge in [-0.25, -0.2) is 8.42 Å². The van der Waals surface area contributed by atoms with Gasteiger partial charge in [0, 0.05) is 22.4 Å². The van der Waals surface area contributed by atoms with E-state index < -0.39 is 10.0 Å². The first kappa shape index (κ1) is 20.3. The molecule has 0 spiro atoms. The highest BCUT2D eigenvalue weighted by Crippen LogP contribution is 2.29. The van der Waals surface area contributed by atoms with E-state index in [0.29, 0.717) is 11.3 Å². The van der Waals surface area contributed by atoms with E-state index in [1.807, 2.05) is 12.1 Å². The maximum absolute atomic E-state index is 13.4. The molecule has 0 aliphatic heterocycles. The Bertz CT molecular complexity index is 1140. The van der Waals surface area contributed by atoms with E-state index >= 15 is 0 Å². The van der Waals surface area contributed by atoms with Gasteiger partial charge in [0.05, 0.1) is 17.1 Å². The normalized spacial score (nSPS) is 11.2. The van der Waals surface area contributed by atoms with Gasteiger partial charge in [0.15, 0.2) is 0 Å². The lowest BCUT2D eigenvalue weighted by atomic mass is 10.2. The van der Waals surface area contributed by atoms with Crippen LogP contribution in [0.2, 0.25) is 0 Å². The summed E-state index contributed by atoms with van der Waals surface area (Å²) in [5.41, 5.74) is 1.02. The van der Waals surface area contributed by atoms with Gasteiger partial charge in [-0.2, -0.15) is 0 Å². The standard InChI is InChI=1S/C21H19IN2O3S/c1-17(15-23-14-8-7-13-21(23)25)16-24(20-12-6-5-11-19(20)22)28(26,27)18-9-3-2-4-10-18/h2-14H,1,15-16H2. The average Bonchev–Trinajstić information content (AvgIpc) is 2.69. The molecule has 0 amide bonds. The molecule has 1 aromatic heterocycles. The third-order valence-corrected chi connectivity index (χ3v) is 6.80. The Balaban J connectivity index is 1.98. The molecule has 7 heteroatoms. The molecular formula is C21H19IN2O3S. The van der Waals surface area contributed by atoms with Crippen molar-refractivity contribution in [3.05, 3.63) is 105 Å². The highest BCUT2D eigenvalue weighted by molar-refractivity contribution is 14.1. The largest absolute Gasteiger partial charge is 0.311 e. The zero-order valence-electron chi connectivity index (χ0n) is 15.0. The van der Waals surface area contributed by atoms with Crippen LogP contribution < -0.4 is 9.86 Å². The van der Waals surface area contributed by atoms with E-state index in [9.17, 15) is 13.2 Å². The first-order chi connectivity index (χ1) is 13.4. The van der Waals surface area contributed by atoms with Crippen LogP contribution >= 0.6 is 22.6 Å². The van der Waals surface area contributed by atoms with Crippen molar-refractivity contribution in [2.24, 2.45) is 0 Å². The van der Waals surface area contributed by atoms with E-state index in [-0.39, 0.29) is 23.5 Å². The maximum Gasteiger partial charge on any atom is 0.264 e. The summed E-state index contributed by atoms with van der Waals surface area (Å²) in [6.45, 7) is 4.33. The first-order valence-electron chi connectivity index (χ1n) is 8.54. The van der Waals surface area contributed by atoms with Gasteiger partial charge in [-0.3, -0.25) is 9.10 Å². The fraction of sp³-hybridized carbons (Fsp3) is 0.0952. The van der Waals surface area contributed by atoms with E-state index in [2.05, 4.69) is 29.2 Å². The van der Waals surface area contributed by atoms with E-state index in [1.165, 1.54) is 14.9 Å². The maximum atomic E-state index is 13.4. The van der Waals surface area contributed by atoms with Gasteiger partial charge in [0.25, 0.3) is 15.6 Å². The zero-order chi connectivity index (χ0) is 20.1. The molecule has 5 nitrogen and oxygen atoms in total. The second-order valence-electron chi connectivity index (χ2n) is 6.19. The van der Waals surface area contributed by atoms with Crippen LogP contribution in [0.1, 0.15) is 0 Å². The second-order valence-corrected chi connectivity index (χ2v) is 9.22. The van der Waals surface area contributed by atoms with Crippen molar-refractivity contribution in [1.82, 2.24) is 4.57 Å². The Morgan fingerprint density at radius 3 is 2.29 bits per heavy atom. The van der Waals surface area contributed by atoms with Crippen LogP contribution in [0, 0.1) is 3.57 Å². The number of rotatable bonds is 7. The van der Waals surface area contributed by atoms with Crippen LogP contribution in [0.4, 0.5) is 5.69 Å². The molecule has 0 unspecified atom stereocenters. The number of anilines is 1. The molecule has 0 saturated heterocycles. The van der Waals surface area contributed by atoms with Gasteiger partial charge < -0.3 is 4.57 Å². The molecule has 0 fully saturated rings. The molecule has 28 heavy (non-hydrogen) atoms. The minimum Gasteiger partial charge on any atom is -0.311 e. The number of hydrogen-bond acceptors (Lipinski definition) is 3. The molecule has 0 aliphatic rings. The molecule has 0 N–H and O–H groups in total. The van der Waals surface area contributed by atoms with Gasteiger partial charge in [0.2, 0.25) is 0 Å². The smallest absolute Gasteiger partial charge is 0.264 e. The predicted octanol–water partition coefficient (Wildman–Crippen LogP) is 3.90. The molecule has 144 valence electrons. The van der Waals surface area contributed by atoms with Gasteiger partial charge in [0.1, 0.15) is 0 Å². The van der Waals surface area contributed by atoms with Crippen LogP contribution in [0.3, 0.4) is 0 Å². The van der Waals surface area contributed by atoms with Crippen LogP contribution in [0.15, 0.2) is 101 Å². The Hall–Kier alpha value is -2.39. The van der Waals surface area contributed by atoms with Gasteiger partial charge >= 0.3 is 0 Å². The summed E-state index contributed by atoms with van der Waals surface area (Å²) in [6, 6.07) is 20.5. The number of benzene rings is 2. The minimum absolute atomic E-state index is 0.0680. The molecule has 3 aromatic rings. The third-order valence-electron chi connectivity index (χ3n) is 4.11. The number of para-hydroxylation sites is 1. The Labute approximate surface area is 178 Å². The Kier molecular flexibility index (Phi) is 6.35. The van der Waals surface area contributed by atoms with Crippen LogP contribution in [-0.4, -0.2) is 19.5 Å². The molecule has 1 heterocycles. The predicted molar refractivity (Wildman–Crippen MR) is 120 cm³/mol. The quantitative estimate of drug-likeness (QED) is 0.361. The lowest BCUT2D eigenvalue weighted by molar-refractivity contribution is 0.591. The van der Waals surface area contributed by atoms with Crippen molar-refractivity contribution in [2.75, 3.05) is 10.8 Å². The highest BCUT2D eigenvalue weighted by atomic mass is 127. The van der Waals surface area contributed by atoms with Crippen LogP contribution in [0.25, 0.3) is 0 Å². The van der Waals surface area contributed by atoms with Crippen LogP contribution in [0.5, 0.6) is 0 Å². The summed E-state index contributed by atoms with van der Waals surface area (Å²) in [7, 11) is -3.79. The zero-order valence-corrected chi connectivity index (χ0v) is 18.0. The van der Waals surface area contributed by atoms with E-state index in [1.54, 1.807) is 60.8 Å².